The van der Waals surface area contributed by atoms with Crippen LogP contribution in [0.2, 0.25) is 0 Å². The first-order chi connectivity index (χ1) is 12.4. The smallest absolute Gasteiger partial charge is 0.369 e. The Hall–Kier alpha value is -2.63. The zero-order valence-electron chi connectivity index (χ0n) is 13.3. The van der Waals surface area contributed by atoms with Crippen LogP contribution in [-0.2, 0) is 12.4 Å². The topological polar surface area (TPSA) is 87.6 Å². The minimum absolute atomic E-state index is 0.00216. The number of aromatic nitrogens is 3. The molecule has 0 fully saturated rings. The number of hydrogen-bond donors (Lipinski definition) is 3. The van der Waals surface area contributed by atoms with Crippen LogP contribution in [0, 0.1) is 6.92 Å². The summed E-state index contributed by atoms with van der Waals surface area (Å²) in [5.74, 6) is -0.177. The number of fused-ring (bicyclic) bond motifs is 1. The maximum absolute atomic E-state index is 13.0. The second-order valence-corrected chi connectivity index (χ2v) is 6.68. The van der Waals surface area contributed by atoms with E-state index >= 15 is 0 Å². The van der Waals surface area contributed by atoms with Crippen molar-refractivity contribution < 1.29 is 26.3 Å². The Labute approximate surface area is 151 Å². The van der Waals surface area contributed by atoms with Crippen molar-refractivity contribution in [3.8, 4) is 0 Å². The van der Waals surface area contributed by atoms with Gasteiger partial charge in [-0.05, 0) is 25.1 Å². The van der Waals surface area contributed by atoms with E-state index in [2.05, 4.69) is 15.0 Å². The van der Waals surface area contributed by atoms with Gasteiger partial charge >= 0.3 is 12.4 Å². The number of anilines is 1. The zero-order valence-corrected chi connectivity index (χ0v) is 14.2. The molecule has 0 amide bonds. The molecular weight excluding hydrogens is 398 g/mol. The molecule has 0 aliphatic rings. The first-order valence-electron chi connectivity index (χ1n) is 7.21. The van der Waals surface area contributed by atoms with Crippen LogP contribution >= 0.6 is 11.8 Å². The Morgan fingerprint density at radius 3 is 2.07 bits per heavy atom. The van der Waals surface area contributed by atoms with Gasteiger partial charge in [0.15, 0.2) is 0 Å². The molecule has 0 aliphatic heterocycles. The number of hydrogen-bond acceptors (Lipinski definition) is 4. The van der Waals surface area contributed by atoms with Gasteiger partial charge in [-0.2, -0.15) is 31.3 Å². The van der Waals surface area contributed by atoms with Gasteiger partial charge in [0.2, 0.25) is 5.95 Å². The minimum atomic E-state index is -4.96. The molecule has 3 aromatic rings. The number of nitrogens with zero attached hydrogens (tertiary/aromatic N) is 1. The SMILES string of the molecule is Cc1[nH]c2nc(N)[nH]c(=O)c2c1Sc1cc(C(F)(F)F)cc(C(F)(F)F)c1. The van der Waals surface area contributed by atoms with Crippen LogP contribution < -0.4 is 11.3 Å². The fourth-order valence-electron chi connectivity index (χ4n) is 2.44. The standard InChI is InChI=1S/C15H10F6N4OS/c1-5-10(9-11(23-5)24-13(22)25-12(9)26)27-8-3-6(14(16,17)18)2-7(4-8)15(19,20)21/h2-4H,1H3,(H4,22,23,24,25,26). The van der Waals surface area contributed by atoms with E-state index < -0.39 is 29.0 Å². The summed E-state index contributed by atoms with van der Waals surface area (Å²) in [4.78, 5) is 20.8. The lowest BCUT2D eigenvalue weighted by atomic mass is 10.1. The van der Waals surface area contributed by atoms with Crippen molar-refractivity contribution in [1.29, 1.82) is 0 Å². The molecule has 0 radical (unpaired) electrons. The van der Waals surface area contributed by atoms with Crippen LogP contribution in [0.15, 0.2) is 32.8 Å². The molecule has 1 aromatic carbocycles. The van der Waals surface area contributed by atoms with Crippen LogP contribution in [0.1, 0.15) is 16.8 Å². The number of aryl methyl sites for hydroxylation is 1. The molecule has 0 bridgehead atoms. The summed E-state index contributed by atoms with van der Waals surface area (Å²) in [5.41, 5.74) is 2.33. The Bertz CT molecular complexity index is 1050. The van der Waals surface area contributed by atoms with Crippen molar-refractivity contribution in [1.82, 2.24) is 15.0 Å². The lowest BCUT2D eigenvalue weighted by molar-refractivity contribution is -0.143. The minimum Gasteiger partial charge on any atom is -0.369 e. The number of nitrogens with one attached hydrogen (secondary N) is 2. The highest BCUT2D eigenvalue weighted by molar-refractivity contribution is 7.99. The quantitative estimate of drug-likeness (QED) is 0.551. The predicted molar refractivity (Wildman–Crippen MR) is 86.4 cm³/mol. The molecule has 0 unspecified atom stereocenters. The maximum atomic E-state index is 13.0. The fraction of sp³-hybridized carbons (Fsp3) is 0.200. The molecule has 2 aromatic heterocycles. The Kier molecular flexibility index (Phi) is 4.41. The van der Waals surface area contributed by atoms with Crippen molar-refractivity contribution in [2.75, 3.05) is 5.73 Å². The molecule has 0 saturated heterocycles. The Balaban J connectivity index is 2.18. The normalized spacial score (nSPS) is 12.7. The van der Waals surface area contributed by atoms with E-state index in [1.54, 1.807) is 0 Å². The molecule has 0 atom stereocenters. The van der Waals surface area contributed by atoms with Gasteiger partial charge in [0.05, 0.1) is 16.5 Å². The van der Waals surface area contributed by atoms with Gasteiger partial charge in [-0.15, -0.1) is 0 Å². The zero-order chi connectivity index (χ0) is 20.1. The average molecular weight is 408 g/mol. The first kappa shape index (κ1) is 19.1. The lowest BCUT2D eigenvalue weighted by Gasteiger charge is -2.14. The van der Waals surface area contributed by atoms with Gasteiger partial charge in [-0.3, -0.25) is 9.78 Å². The van der Waals surface area contributed by atoms with E-state index in [0.717, 1.165) is 0 Å². The van der Waals surface area contributed by atoms with Crippen molar-refractivity contribution in [3.05, 3.63) is 45.4 Å². The van der Waals surface area contributed by atoms with Crippen LogP contribution in [0.25, 0.3) is 11.0 Å². The second-order valence-electron chi connectivity index (χ2n) is 5.60. The van der Waals surface area contributed by atoms with Crippen molar-refractivity contribution >= 4 is 28.7 Å². The van der Waals surface area contributed by atoms with Gasteiger partial charge in [-0.25, -0.2) is 0 Å². The van der Waals surface area contributed by atoms with E-state index in [-0.39, 0.29) is 32.8 Å². The molecule has 2 heterocycles. The monoisotopic (exact) mass is 408 g/mol. The van der Waals surface area contributed by atoms with E-state index in [0.29, 0.717) is 29.6 Å². The number of nitrogen functional groups attached to an aromatic ring is 1. The number of H-pyrrole nitrogens is 2. The average Bonchev–Trinajstić information content (AvgIpc) is 2.81. The van der Waals surface area contributed by atoms with Crippen molar-refractivity contribution in [3.63, 3.8) is 0 Å². The molecule has 5 nitrogen and oxygen atoms in total. The number of rotatable bonds is 2. The Morgan fingerprint density at radius 2 is 1.56 bits per heavy atom. The molecule has 3 rings (SSSR count). The second kappa shape index (κ2) is 6.22. The summed E-state index contributed by atoms with van der Waals surface area (Å²) in [6.45, 7) is 1.51. The first-order valence-corrected chi connectivity index (χ1v) is 8.03. The molecule has 0 spiro atoms. The number of alkyl halides is 6. The van der Waals surface area contributed by atoms with Crippen molar-refractivity contribution in [2.45, 2.75) is 29.1 Å². The third kappa shape index (κ3) is 3.75. The van der Waals surface area contributed by atoms with Crippen LogP contribution in [0.3, 0.4) is 0 Å². The largest absolute Gasteiger partial charge is 0.416 e. The summed E-state index contributed by atoms with van der Waals surface area (Å²) in [7, 11) is 0. The van der Waals surface area contributed by atoms with Gasteiger partial charge < -0.3 is 10.7 Å². The number of benzene rings is 1. The number of aromatic amines is 2. The highest BCUT2D eigenvalue weighted by atomic mass is 32.2. The molecule has 144 valence electrons. The van der Waals surface area contributed by atoms with Gasteiger partial charge in [-0.1, -0.05) is 11.8 Å². The van der Waals surface area contributed by atoms with Crippen LogP contribution in [-0.4, -0.2) is 15.0 Å². The van der Waals surface area contributed by atoms with Gasteiger partial charge in [0.25, 0.3) is 5.56 Å². The third-order valence-electron chi connectivity index (χ3n) is 3.59. The summed E-state index contributed by atoms with van der Waals surface area (Å²) in [6.07, 6.45) is -9.92. The predicted octanol–water partition coefficient (Wildman–Crippen LogP) is 4.33. The molecule has 27 heavy (non-hydrogen) atoms. The molecule has 4 N–H and O–H groups in total. The summed E-state index contributed by atoms with van der Waals surface area (Å²) in [6, 6.07) is 1.23. The van der Waals surface area contributed by atoms with E-state index in [1.165, 1.54) is 6.92 Å². The molecule has 0 aliphatic carbocycles. The van der Waals surface area contributed by atoms with E-state index in [9.17, 15) is 31.1 Å². The number of nitrogens with two attached hydrogens (primary N) is 1. The van der Waals surface area contributed by atoms with Crippen molar-refractivity contribution in [2.24, 2.45) is 0 Å². The molecule has 0 saturated carbocycles. The lowest BCUT2D eigenvalue weighted by Crippen LogP contribution is -2.11. The maximum Gasteiger partial charge on any atom is 0.416 e. The summed E-state index contributed by atoms with van der Waals surface area (Å²) >= 11 is 0.599. The van der Waals surface area contributed by atoms with Gasteiger partial charge in [0.1, 0.15) is 5.65 Å². The molecular formula is C15H10F6N4OS. The molecule has 12 heteroatoms. The third-order valence-corrected chi connectivity index (χ3v) is 4.78. The van der Waals surface area contributed by atoms with E-state index in [4.69, 9.17) is 5.73 Å². The van der Waals surface area contributed by atoms with Crippen LogP contribution in [0.4, 0.5) is 32.3 Å². The van der Waals surface area contributed by atoms with Crippen LogP contribution in [0.5, 0.6) is 0 Å². The van der Waals surface area contributed by atoms with E-state index in [1.807, 2.05) is 0 Å². The summed E-state index contributed by atoms with van der Waals surface area (Å²) < 4.78 is 78.0. The van der Waals surface area contributed by atoms with Gasteiger partial charge in [0, 0.05) is 15.5 Å². The highest BCUT2D eigenvalue weighted by Gasteiger charge is 2.37. The fourth-order valence-corrected chi connectivity index (χ4v) is 3.55. The number of halogens is 6. The Morgan fingerprint density at radius 1 is 1.00 bits per heavy atom. The highest BCUT2D eigenvalue weighted by Crippen LogP contribution is 2.41. The summed E-state index contributed by atoms with van der Waals surface area (Å²) in [5, 5.41) is -0.00216.